The van der Waals surface area contributed by atoms with Crippen LogP contribution < -0.4 is 4.74 Å². The fourth-order valence-electron chi connectivity index (χ4n) is 4.17. The Morgan fingerprint density at radius 3 is 2.67 bits per heavy atom. The first kappa shape index (κ1) is 19.8. The molecule has 0 saturated carbocycles. The first-order valence-corrected chi connectivity index (χ1v) is 10.0. The van der Waals surface area contributed by atoms with E-state index in [4.69, 9.17) is 4.74 Å². The van der Waals surface area contributed by atoms with Crippen molar-refractivity contribution in [3.8, 4) is 11.8 Å². The van der Waals surface area contributed by atoms with Gasteiger partial charge in [-0.2, -0.15) is 5.26 Å². The van der Waals surface area contributed by atoms with Crippen molar-refractivity contribution in [1.82, 2.24) is 9.80 Å². The van der Waals surface area contributed by atoms with Gasteiger partial charge in [0.25, 0.3) is 0 Å². The van der Waals surface area contributed by atoms with Gasteiger partial charge in [0.2, 0.25) is 5.91 Å². The second-order valence-corrected chi connectivity index (χ2v) is 7.65. The van der Waals surface area contributed by atoms with Gasteiger partial charge in [-0.1, -0.05) is 36.4 Å². The van der Waals surface area contributed by atoms with Gasteiger partial charge in [0, 0.05) is 13.0 Å². The summed E-state index contributed by atoms with van der Waals surface area (Å²) in [6.45, 7) is 1.04. The van der Waals surface area contributed by atoms with Gasteiger partial charge in [-0.05, 0) is 41.7 Å². The highest BCUT2D eigenvalue weighted by Gasteiger charge is 2.40. The molecule has 4 rings (SSSR count). The number of benzene rings is 2. The van der Waals surface area contributed by atoms with E-state index in [1.54, 1.807) is 0 Å². The molecule has 2 aliphatic heterocycles. The van der Waals surface area contributed by atoms with Crippen LogP contribution in [0.5, 0.6) is 5.75 Å². The SMILES string of the molecule is N#C[C@@H]1CCCN1C(=O)[C@H]1Cc2ccc(OCc3ccccc3)cc2CN1C(=O)O. The van der Waals surface area contributed by atoms with E-state index in [2.05, 4.69) is 6.07 Å². The van der Waals surface area contributed by atoms with Gasteiger partial charge in [-0.3, -0.25) is 9.69 Å². The first-order valence-electron chi connectivity index (χ1n) is 10.0. The van der Waals surface area contributed by atoms with Crippen molar-refractivity contribution in [1.29, 1.82) is 5.26 Å². The molecule has 2 aliphatic rings. The number of amides is 2. The molecule has 2 atom stereocenters. The molecule has 0 aliphatic carbocycles. The van der Waals surface area contributed by atoms with E-state index in [1.165, 1.54) is 9.80 Å². The molecule has 154 valence electrons. The molecule has 2 aromatic rings. The lowest BCUT2D eigenvalue weighted by molar-refractivity contribution is -0.136. The van der Waals surface area contributed by atoms with Crippen LogP contribution in [0.1, 0.15) is 29.5 Å². The summed E-state index contributed by atoms with van der Waals surface area (Å²) in [7, 11) is 0. The van der Waals surface area contributed by atoms with E-state index in [-0.39, 0.29) is 12.5 Å². The first-order chi connectivity index (χ1) is 14.6. The molecule has 2 aromatic carbocycles. The third-order valence-electron chi connectivity index (χ3n) is 5.77. The van der Waals surface area contributed by atoms with Crippen LogP contribution in [0, 0.1) is 11.3 Å². The second kappa shape index (κ2) is 8.46. The number of fused-ring (bicyclic) bond motifs is 1. The predicted octanol–water partition coefficient (Wildman–Crippen LogP) is 3.18. The Morgan fingerprint density at radius 2 is 1.93 bits per heavy atom. The topological polar surface area (TPSA) is 93.9 Å². The van der Waals surface area contributed by atoms with Crippen molar-refractivity contribution in [2.24, 2.45) is 0 Å². The van der Waals surface area contributed by atoms with Crippen molar-refractivity contribution in [2.75, 3.05) is 6.54 Å². The molecular weight excluding hydrogens is 382 g/mol. The van der Waals surface area contributed by atoms with Gasteiger partial charge >= 0.3 is 6.09 Å². The van der Waals surface area contributed by atoms with Gasteiger partial charge < -0.3 is 14.7 Å². The molecule has 7 heteroatoms. The Labute approximate surface area is 175 Å². The van der Waals surface area contributed by atoms with E-state index in [1.807, 2.05) is 48.5 Å². The molecule has 0 bridgehead atoms. The third-order valence-corrected chi connectivity index (χ3v) is 5.77. The number of hydrogen-bond acceptors (Lipinski definition) is 4. The van der Waals surface area contributed by atoms with Crippen LogP contribution in [0.3, 0.4) is 0 Å². The van der Waals surface area contributed by atoms with Crippen LogP contribution in [-0.2, 0) is 24.4 Å². The van der Waals surface area contributed by atoms with Crippen molar-refractivity contribution in [3.05, 3.63) is 65.2 Å². The summed E-state index contributed by atoms with van der Waals surface area (Å²) in [4.78, 5) is 27.7. The van der Waals surface area contributed by atoms with Crippen LogP contribution in [0.4, 0.5) is 4.79 Å². The summed E-state index contributed by atoms with van der Waals surface area (Å²) in [6.07, 6.45) is 0.569. The summed E-state index contributed by atoms with van der Waals surface area (Å²) in [5.41, 5.74) is 2.82. The Balaban J connectivity index is 1.52. The maximum atomic E-state index is 13.1. The molecule has 1 fully saturated rings. The molecule has 0 aromatic heterocycles. The van der Waals surface area contributed by atoms with Gasteiger partial charge in [0.15, 0.2) is 0 Å². The molecule has 0 unspecified atom stereocenters. The number of carbonyl (C=O) groups excluding carboxylic acids is 1. The Bertz CT molecular complexity index is 986. The minimum atomic E-state index is -1.14. The number of hydrogen-bond donors (Lipinski definition) is 1. The molecular formula is C23H23N3O4. The highest BCUT2D eigenvalue weighted by Crippen LogP contribution is 2.30. The summed E-state index contributed by atoms with van der Waals surface area (Å²) in [5.74, 6) is 0.383. The summed E-state index contributed by atoms with van der Waals surface area (Å²) < 4.78 is 5.86. The molecule has 1 N–H and O–H groups in total. The van der Waals surface area contributed by atoms with Gasteiger partial charge in [-0.15, -0.1) is 0 Å². The second-order valence-electron chi connectivity index (χ2n) is 7.65. The minimum Gasteiger partial charge on any atom is -0.489 e. The maximum absolute atomic E-state index is 13.1. The van der Waals surface area contributed by atoms with Crippen LogP contribution in [-0.4, -0.2) is 45.5 Å². The zero-order chi connectivity index (χ0) is 21.1. The fraction of sp³-hybridized carbons (Fsp3) is 0.348. The summed E-state index contributed by atoms with van der Waals surface area (Å²) >= 11 is 0. The smallest absolute Gasteiger partial charge is 0.408 e. The number of carboxylic acid groups (broad SMARTS) is 1. The van der Waals surface area contributed by atoms with Crippen molar-refractivity contribution in [2.45, 2.75) is 44.5 Å². The average Bonchev–Trinajstić information content (AvgIpc) is 3.25. The molecule has 0 spiro atoms. The van der Waals surface area contributed by atoms with E-state index >= 15 is 0 Å². The molecule has 2 amide bonds. The van der Waals surface area contributed by atoms with Gasteiger partial charge in [-0.25, -0.2) is 4.79 Å². The van der Waals surface area contributed by atoms with E-state index in [9.17, 15) is 20.0 Å². The Morgan fingerprint density at radius 1 is 1.13 bits per heavy atom. The van der Waals surface area contributed by atoms with Gasteiger partial charge in [0.1, 0.15) is 24.4 Å². The minimum absolute atomic E-state index is 0.120. The van der Waals surface area contributed by atoms with E-state index < -0.39 is 18.2 Å². The Hall–Kier alpha value is -3.53. The number of nitriles is 1. The van der Waals surface area contributed by atoms with Crippen LogP contribution in [0.2, 0.25) is 0 Å². The molecule has 1 saturated heterocycles. The van der Waals surface area contributed by atoms with Crippen molar-refractivity contribution >= 4 is 12.0 Å². The number of ether oxygens (including phenoxy) is 1. The van der Waals surface area contributed by atoms with Crippen LogP contribution >= 0.6 is 0 Å². The normalized spacial score (nSPS) is 20.4. The lowest BCUT2D eigenvalue weighted by atomic mass is 9.93. The standard InChI is InChI=1S/C23H23N3O4/c24-13-19-7-4-10-25(19)22(27)21-12-17-8-9-20(11-18(17)14-26(21)23(28)29)30-15-16-5-2-1-3-6-16/h1-3,5-6,8-9,11,19,21H,4,7,10,12,14-15H2,(H,28,29)/t19-,21+/m0/s1. The number of rotatable bonds is 4. The van der Waals surface area contributed by atoms with Gasteiger partial charge in [0.05, 0.1) is 12.6 Å². The maximum Gasteiger partial charge on any atom is 0.408 e. The average molecular weight is 405 g/mol. The molecule has 0 radical (unpaired) electrons. The lowest BCUT2D eigenvalue weighted by Gasteiger charge is -2.36. The quantitative estimate of drug-likeness (QED) is 0.843. The summed E-state index contributed by atoms with van der Waals surface area (Å²) in [5, 5.41) is 19.0. The monoisotopic (exact) mass is 405 g/mol. The molecule has 7 nitrogen and oxygen atoms in total. The Kier molecular flexibility index (Phi) is 5.57. The number of likely N-dealkylation sites (tertiary alicyclic amines) is 1. The van der Waals surface area contributed by atoms with E-state index in [0.29, 0.717) is 31.7 Å². The molecule has 30 heavy (non-hydrogen) atoms. The van der Waals surface area contributed by atoms with Crippen molar-refractivity contribution < 1.29 is 19.4 Å². The number of carbonyl (C=O) groups is 2. The zero-order valence-corrected chi connectivity index (χ0v) is 16.5. The highest BCUT2D eigenvalue weighted by atomic mass is 16.5. The third kappa shape index (κ3) is 3.94. The highest BCUT2D eigenvalue weighted by molar-refractivity contribution is 5.87. The molecule has 2 heterocycles. The van der Waals surface area contributed by atoms with Crippen LogP contribution in [0.15, 0.2) is 48.5 Å². The predicted molar refractivity (Wildman–Crippen MR) is 109 cm³/mol. The summed E-state index contributed by atoms with van der Waals surface area (Å²) in [6, 6.07) is 16.3. The fourth-order valence-corrected chi connectivity index (χ4v) is 4.17. The van der Waals surface area contributed by atoms with E-state index in [0.717, 1.165) is 23.1 Å². The van der Waals surface area contributed by atoms with Crippen molar-refractivity contribution in [3.63, 3.8) is 0 Å². The largest absolute Gasteiger partial charge is 0.489 e. The lowest BCUT2D eigenvalue weighted by Crippen LogP contribution is -2.54. The van der Waals surface area contributed by atoms with Crippen LogP contribution in [0.25, 0.3) is 0 Å². The number of nitrogens with zero attached hydrogens (tertiary/aromatic N) is 3. The zero-order valence-electron chi connectivity index (χ0n) is 16.5.